The second-order valence-electron chi connectivity index (χ2n) is 2.59. The lowest BCUT2D eigenvalue weighted by atomic mass is 10.0. The second-order valence-corrected chi connectivity index (χ2v) is 2.59. The molecule has 0 radical (unpaired) electrons. The van der Waals surface area contributed by atoms with Crippen LogP contribution in [0.1, 0.15) is 26.2 Å². The highest BCUT2D eigenvalue weighted by atomic mass is 16.5. The van der Waals surface area contributed by atoms with Gasteiger partial charge in [-0.05, 0) is 6.42 Å². The van der Waals surface area contributed by atoms with Crippen molar-refractivity contribution in [3.8, 4) is 0 Å². The number of carbonyl (C=O) groups is 1. The smallest absolute Gasteiger partial charge is 0.317 e. The molecule has 0 amide bonds. The number of hydrogen-bond donors (Lipinski definition) is 0. The molecule has 0 aromatic carbocycles. The fraction of sp³-hybridized carbons (Fsp3) is 0.500. The molecular weight excluding hydrogens is 152 g/mol. The van der Waals surface area contributed by atoms with Gasteiger partial charge < -0.3 is 4.74 Å². The van der Waals surface area contributed by atoms with Gasteiger partial charge in [-0.2, -0.15) is 0 Å². The summed E-state index contributed by atoms with van der Waals surface area (Å²) >= 11 is 0. The van der Waals surface area contributed by atoms with Gasteiger partial charge in [0.25, 0.3) is 0 Å². The van der Waals surface area contributed by atoms with Gasteiger partial charge in [0.05, 0.1) is 12.2 Å². The van der Waals surface area contributed by atoms with Gasteiger partial charge in [0.1, 0.15) is 0 Å². The highest BCUT2D eigenvalue weighted by Crippen LogP contribution is 2.11. The first-order chi connectivity index (χ1) is 5.76. The van der Waals surface area contributed by atoms with Crippen LogP contribution in [0.15, 0.2) is 25.5 Å². The standard InChI is InChI=1S/C10H16O2/c1-4-7-8-9(5-2)10(11)12-6-3/h5-6,9H,2-4,7-8H2,1H3. The van der Waals surface area contributed by atoms with Crippen LogP contribution in [0, 0.1) is 5.92 Å². The van der Waals surface area contributed by atoms with Crippen LogP contribution in [0.25, 0.3) is 0 Å². The maximum Gasteiger partial charge on any atom is 0.317 e. The Morgan fingerprint density at radius 3 is 2.67 bits per heavy atom. The van der Waals surface area contributed by atoms with Crippen molar-refractivity contribution in [3.63, 3.8) is 0 Å². The van der Waals surface area contributed by atoms with Crippen molar-refractivity contribution in [2.75, 3.05) is 0 Å². The molecule has 0 aliphatic carbocycles. The molecule has 0 aliphatic rings. The van der Waals surface area contributed by atoms with Gasteiger partial charge >= 0.3 is 5.97 Å². The topological polar surface area (TPSA) is 26.3 Å². The fourth-order valence-corrected chi connectivity index (χ4v) is 0.925. The summed E-state index contributed by atoms with van der Waals surface area (Å²) in [5, 5.41) is 0. The largest absolute Gasteiger partial charge is 0.435 e. The summed E-state index contributed by atoms with van der Waals surface area (Å²) < 4.78 is 4.65. The van der Waals surface area contributed by atoms with Crippen molar-refractivity contribution in [1.29, 1.82) is 0 Å². The molecule has 0 rings (SSSR count). The Kier molecular flexibility index (Phi) is 6.07. The maximum absolute atomic E-state index is 11.1. The van der Waals surface area contributed by atoms with E-state index in [0.717, 1.165) is 25.5 Å². The lowest BCUT2D eigenvalue weighted by molar-refractivity contribution is -0.141. The van der Waals surface area contributed by atoms with E-state index in [0.29, 0.717) is 0 Å². The molecule has 0 saturated carbocycles. The molecule has 1 atom stereocenters. The Labute approximate surface area is 73.9 Å². The van der Waals surface area contributed by atoms with Crippen molar-refractivity contribution in [3.05, 3.63) is 25.5 Å². The fourth-order valence-electron chi connectivity index (χ4n) is 0.925. The second kappa shape index (κ2) is 6.65. The van der Waals surface area contributed by atoms with E-state index in [-0.39, 0.29) is 11.9 Å². The minimum Gasteiger partial charge on any atom is -0.435 e. The van der Waals surface area contributed by atoms with Crippen LogP contribution in [-0.4, -0.2) is 5.97 Å². The van der Waals surface area contributed by atoms with Crippen LogP contribution in [0.4, 0.5) is 0 Å². The average molecular weight is 168 g/mol. The molecule has 68 valence electrons. The molecule has 2 nitrogen and oxygen atoms in total. The van der Waals surface area contributed by atoms with Crippen molar-refractivity contribution in [1.82, 2.24) is 0 Å². The van der Waals surface area contributed by atoms with Crippen molar-refractivity contribution in [2.45, 2.75) is 26.2 Å². The van der Waals surface area contributed by atoms with Crippen molar-refractivity contribution < 1.29 is 9.53 Å². The Morgan fingerprint density at radius 1 is 1.58 bits per heavy atom. The third kappa shape index (κ3) is 3.96. The normalized spacial score (nSPS) is 11.8. The monoisotopic (exact) mass is 168 g/mol. The zero-order valence-electron chi connectivity index (χ0n) is 7.58. The van der Waals surface area contributed by atoms with Gasteiger partial charge in [0, 0.05) is 0 Å². The molecule has 0 spiro atoms. The van der Waals surface area contributed by atoms with E-state index in [4.69, 9.17) is 0 Å². The molecule has 0 aliphatic heterocycles. The predicted octanol–water partition coefficient (Wildman–Crippen LogP) is 2.67. The average Bonchev–Trinajstić information content (AvgIpc) is 2.06. The van der Waals surface area contributed by atoms with Crippen LogP contribution in [0.3, 0.4) is 0 Å². The number of esters is 1. The molecule has 12 heavy (non-hydrogen) atoms. The molecule has 0 saturated heterocycles. The summed E-state index contributed by atoms with van der Waals surface area (Å²) in [7, 11) is 0. The van der Waals surface area contributed by atoms with Crippen LogP contribution in [-0.2, 0) is 9.53 Å². The van der Waals surface area contributed by atoms with Crippen molar-refractivity contribution >= 4 is 5.97 Å². The zero-order chi connectivity index (χ0) is 9.40. The van der Waals surface area contributed by atoms with Gasteiger partial charge in [0.2, 0.25) is 0 Å². The summed E-state index contributed by atoms with van der Waals surface area (Å²) in [6.07, 6.45) is 5.69. The maximum atomic E-state index is 11.1. The van der Waals surface area contributed by atoms with E-state index in [1.54, 1.807) is 6.08 Å². The Morgan fingerprint density at radius 2 is 2.25 bits per heavy atom. The van der Waals surface area contributed by atoms with Gasteiger partial charge in [-0.3, -0.25) is 4.79 Å². The molecule has 2 heteroatoms. The number of carbonyl (C=O) groups excluding carboxylic acids is 1. The predicted molar refractivity (Wildman–Crippen MR) is 49.5 cm³/mol. The molecule has 0 aromatic rings. The lowest BCUT2D eigenvalue weighted by Crippen LogP contribution is -2.12. The third-order valence-electron chi connectivity index (χ3n) is 1.66. The Hall–Kier alpha value is -1.05. The first-order valence-corrected chi connectivity index (χ1v) is 4.20. The molecule has 0 bridgehead atoms. The van der Waals surface area contributed by atoms with Gasteiger partial charge in [-0.25, -0.2) is 0 Å². The summed E-state index contributed by atoms with van der Waals surface area (Å²) in [6.45, 7) is 8.98. The van der Waals surface area contributed by atoms with Gasteiger partial charge in [-0.1, -0.05) is 32.4 Å². The minimum atomic E-state index is -0.256. The highest BCUT2D eigenvalue weighted by molar-refractivity contribution is 5.74. The van der Waals surface area contributed by atoms with E-state index < -0.39 is 0 Å². The molecule has 1 unspecified atom stereocenters. The Balaban J connectivity index is 3.86. The first kappa shape index (κ1) is 11.0. The van der Waals surface area contributed by atoms with E-state index in [1.807, 2.05) is 0 Å². The summed E-state index contributed by atoms with van der Waals surface area (Å²) in [5.74, 6) is -0.434. The zero-order valence-corrected chi connectivity index (χ0v) is 7.58. The summed E-state index contributed by atoms with van der Waals surface area (Å²) in [4.78, 5) is 11.1. The SMILES string of the molecule is C=COC(=O)C(C=C)CCCC. The number of rotatable bonds is 6. The molecule has 0 fully saturated rings. The van der Waals surface area contributed by atoms with Crippen LogP contribution < -0.4 is 0 Å². The quantitative estimate of drug-likeness (QED) is 0.346. The summed E-state index contributed by atoms with van der Waals surface area (Å²) in [5.41, 5.74) is 0. The number of hydrogen-bond acceptors (Lipinski definition) is 2. The van der Waals surface area contributed by atoms with Crippen LogP contribution >= 0.6 is 0 Å². The molecule has 0 aromatic heterocycles. The van der Waals surface area contributed by atoms with E-state index in [9.17, 15) is 4.79 Å². The highest BCUT2D eigenvalue weighted by Gasteiger charge is 2.14. The lowest BCUT2D eigenvalue weighted by Gasteiger charge is -2.08. The third-order valence-corrected chi connectivity index (χ3v) is 1.66. The molecular formula is C10H16O2. The van der Waals surface area contributed by atoms with E-state index >= 15 is 0 Å². The van der Waals surface area contributed by atoms with Crippen molar-refractivity contribution in [2.24, 2.45) is 5.92 Å². The summed E-state index contributed by atoms with van der Waals surface area (Å²) in [6, 6.07) is 0. The number of ether oxygens (including phenoxy) is 1. The Bertz CT molecular complexity index is 161. The molecule has 0 heterocycles. The van der Waals surface area contributed by atoms with Crippen LogP contribution in [0.5, 0.6) is 0 Å². The van der Waals surface area contributed by atoms with Gasteiger partial charge in [-0.15, -0.1) is 6.58 Å². The van der Waals surface area contributed by atoms with Gasteiger partial charge in [0.15, 0.2) is 0 Å². The van der Waals surface area contributed by atoms with E-state index in [1.165, 1.54) is 0 Å². The first-order valence-electron chi connectivity index (χ1n) is 4.20. The minimum absolute atomic E-state index is 0.178. The van der Waals surface area contributed by atoms with E-state index in [2.05, 4.69) is 24.8 Å². The molecule has 0 N–H and O–H groups in total. The number of unbranched alkanes of at least 4 members (excludes halogenated alkanes) is 1. The van der Waals surface area contributed by atoms with Crippen LogP contribution in [0.2, 0.25) is 0 Å².